The van der Waals surface area contributed by atoms with E-state index in [4.69, 9.17) is 4.74 Å². The van der Waals surface area contributed by atoms with Gasteiger partial charge >= 0.3 is 0 Å². The lowest BCUT2D eigenvalue weighted by atomic mass is 9.44. The van der Waals surface area contributed by atoms with Crippen LogP contribution in [0.3, 0.4) is 0 Å². The van der Waals surface area contributed by atoms with Gasteiger partial charge in [0.25, 0.3) is 0 Å². The minimum atomic E-state index is -0.0250. The fourth-order valence-corrected chi connectivity index (χ4v) is 10.8. The van der Waals surface area contributed by atoms with Crippen LogP contribution in [-0.4, -0.2) is 22.9 Å². The molecule has 1 heterocycles. The maximum atomic E-state index is 10.3. The molecule has 0 aromatic carbocycles. The molecule has 6 fully saturated rings. The van der Waals surface area contributed by atoms with Crippen molar-refractivity contribution in [1.82, 2.24) is 0 Å². The van der Waals surface area contributed by atoms with Crippen molar-refractivity contribution in [1.29, 1.82) is 0 Å². The third-order valence-electron chi connectivity index (χ3n) is 12.6. The first-order chi connectivity index (χ1) is 14.3. The SMILES string of the molecule is CC1CCC2(CC1)OC1CC3C4CCC5C[C@H](O)CC[C@]5(C)C4CC[C@]3(C)C1[C@@H]2C. The van der Waals surface area contributed by atoms with Gasteiger partial charge in [0.2, 0.25) is 0 Å². The molecule has 2 heteroatoms. The van der Waals surface area contributed by atoms with Crippen molar-refractivity contribution < 1.29 is 9.84 Å². The molecule has 5 saturated carbocycles. The van der Waals surface area contributed by atoms with Gasteiger partial charge in [-0.1, -0.05) is 27.7 Å². The smallest absolute Gasteiger partial charge is 0.0715 e. The minimum Gasteiger partial charge on any atom is -0.393 e. The van der Waals surface area contributed by atoms with E-state index in [1.807, 2.05) is 0 Å². The fourth-order valence-electron chi connectivity index (χ4n) is 10.8. The van der Waals surface area contributed by atoms with E-state index in [2.05, 4.69) is 27.7 Å². The summed E-state index contributed by atoms with van der Waals surface area (Å²) in [5.74, 6) is 5.93. The van der Waals surface area contributed by atoms with Crippen LogP contribution in [0.4, 0.5) is 0 Å². The Morgan fingerprint density at radius 3 is 2.27 bits per heavy atom. The first-order valence-electron chi connectivity index (χ1n) is 13.6. The first kappa shape index (κ1) is 20.5. The normalized spacial score (nSPS) is 62.5. The van der Waals surface area contributed by atoms with Gasteiger partial charge in [0, 0.05) is 0 Å². The van der Waals surface area contributed by atoms with E-state index in [0.29, 0.717) is 16.9 Å². The average molecular weight is 415 g/mol. The van der Waals surface area contributed by atoms with E-state index in [9.17, 15) is 5.11 Å². The number of hydrogen-bond donors (Lipinski definition) is 1. The second-order valence-corrected chi connectivity index (χ2v) is 13.6. The van der Waals surface area contributed by atoms with Crippen LogP contribution in [0.25, 0.3) is 0 Å². The quantitative estimate of drug-likeness (QED) is 0.484. The van der Waals surface area contributed by atoms with Crippen LogP contribution in [-0.2, 0) is 4.74 Å². The second-order valence-electron chi connectivity index (χ2n) is 13.6. The molecule has 6 unspecified atom stereocenters. The van der Waals surface area contributed by atoms with Crippen molar-refractivity contribution in [3.8, 4) is 0 Å². The Morgan fingerprint density at radius 2 is 1.50 bits per heavy atom. The molecule has 1 aliphatic heterocycles. The van der Waals surface area contributed by atoms with Crippen molar-refractivity contribution in [2.24, 2.45) is 52.3 Å². The molecule has 170 valence electrons. The van der Waals surface area contributed by atoms with Gasteiger partial charge < -0.3 is 9.84 Å². The van der Waals surface area contributed by atoms with Gasteiger partial charge in [-0.05, 0) is 129 Å². The van der Waals surface area contributed by atoms with E-state index in [1.54, 1.807) is 0 Å². The van der Waals surface area contributed by atoms with Gasteiger partial charge in [-0.3, -0.25) is 0 Å². The largest absolute Gasteiger partial charge is 0.393 e. The topological polar surface area (TPSA) is 29.5 Å². The average Bonchev–Trinajstić information content (AvgIpc) is 3.16. The number of fused-ring (bicyclic) bond motifs is 7. The van der Waals surface area contributed by atoms with E-state index >= 15 is 0 Å². The molecule has 0 amide bonds. The lowest BCUT2D eigenvalue weighted by Gasteiger charge is -2.61. The molecule has 0 aromatic rings. The van der Waals surface area contributed by atoms with Crippen molar-refractivity contribution in [2.45, 2.75) is 123 Å². The molecule has 1 N–H and O–H groups in total. The summed E-state index contributed by atoms with van der Waals surface area (Å²) in [7, 11) is 0. The molecule has 30 heavy (non-hydrogen) atoms. The number of ether oxygens (including phenoxy) is 1. The predicted octanol–water partition coefficient (Wildman–Crippen LogP) is 6.60. The van der Waals surface area contributed by atoms with Crippen LogP contribution >= 0.6 is 0 Å². The van der Waals surface area contributed by atoms with Crippen molar-refractivity contribution in [3.05, 3.63) is 0 Å². The molecule has 6 rings (SSSR count). The van der Waals surface area contributed by atoms with Gasteiger partial charge in [-0.2, -0.15) is 0 Å². The number of hydrogen-bond acceptors (Lipinski definition) is 2. The summed E-state index contributed by atoms with van der Waals surface area (Å²) in [4.78, 5) is 0. The molecule has 1 spiro atoms. The van der Waals surface area contributed by atoms with E-state index in [0.717, 1.165) is 54.3 Å². The lowest BCUT2D eigenvalue weighted by Crippen LogP contribution is -2.54. The third-order valence-corrected chi connectivity index (χ3v) is 12.6. The summed E-state index contributed by atoms with van der Waals surface area (Å²) in [6.07, 6.45) is 16.3. The molecule has 1 saturated heterocycles. The van der Waals surface area contributed by atoms with Crippen molar-refractivity contribution in [3.63, 3.8) is 0 Å². The Labute approximate surface area is 184 Å². The third kappa shape index (κ3) is 2.62. The van der Waals surface area contributed by atoms with Crippen LogP contribution in [0.15, 0.2) is 0 Å². The molecule has 2 nitrogen and oxygen atoms in total. The highest BCUT2D eigenvalue weighted by Crippen LogP contribution is 2.71. The van der Waals surface area contributed by atoms with Crippen LogP contribution in [0.1, 0.15) is 105 Å². The summed E-state index contributed by atoms with van der Waals surface area (Å²) in [6.45, 7) is 10.3. The minimum absolute atomic E-state index is 0.0250. The standard InChI is InChI=1S/C28H46O2/c1-17-7-13-28(14-8-17)18(2)25-24(30-28)16-23-21-6-5-19-15-20(29)9-11-26(19,3)22(21)10-12-27(23,25)4/h17-25,29H,5-16H2,1-4H3/t17?,18-,19?,20+,21?,22?,23?,24?,25?,26-,27-,28?/m0/s1. The van der Waals surface area contributed by atoms with Crippen molar-refractivity contribution in [2.75, 3.05) is 0 Å². The van der Waals surface area contributed by atoms with Crippen LogP contribution < -0.4 is 0 Å². The molecule has 0 bridgehead atoms. The highest BCUT2D eigenvalue weighted by molar-refractivity contribution is 5.16. The molecular weight excluding hydrogens is 368 g/mol. The summed E-state index contributed by atoms with van der Waals surface area (Å²) < 4.78 is 7.12. The Hall–Kier alpha value is -0.0800. The zero-order chi connectivity index (χ0) is 20.9. The van der Waals surface area contributed by atoms with E-state index in [1.165, 1.54) is 64.2 Å². The first-order valence-corrected chi connectivity index (χ1v) is 13.6. The van der Waals surface area contributed by atoms with Crippen LogP contribution in [0.5, 0.6) is 0 Å². The van der Waals surface area contributed by atoms with Crippen LogP contribution in [0, 0.1) is 52.3 Å². The Kier molecular flexibility index (Phi) is 4.60. The monoisotopic (exact) mass is 414 g/mol. The molecule has 0 radical (unpaired) electrons. The van der Waals surface area contributed by atoms with E-state index in [-0.39, 0.29) is 11.7 Å². The van der Waals surface area contributed by atoms with Gasteiger partial charge in [-0.25, -0.2) is 0 Å². The number of rotatable bonds is 0. The summed E-state index contributed by atoms with van der Waals surface area (Å²) in [5.41, 5.74) is 1.22. The highest BCUT2D eigenvalue weighted by atomic mass is 16.5. The molecule has 10 atom stereocenters. The van der Waals surface area contributed by atoms with Crippen LogP contribution in [0.2, 0.25) is 0 Å². The Balaban J connectivity index is 1.26. The highest BCUT2D eigenvalue weighted by Gasteiger charge is 2.68. The summed E-state index contributed by atoms with van der Waals surface area (Å²) in [6, 6.07) is 0. The Bertz CT molecular complexity index is 680. The predicted molar refractivity (Wildman–Crippen MR) is 121 cm³/mol. The molecule has 0 aromatic heterocycles. The molecule has 5 aliphatic carbocycles. The van der Waals surface area contributed by atoms with E-state index < -0.39 is 0 Å². The maximum Gasteiger partial charge on any atom is 0.0715 e. The van der Waals surface area contributed by atoms with Gasteiger partial charge in [0.1, 0.15) is 0 Å². The zero-order valence-corrected chi connectivity index (χ0v) is 20.0. The van der Waals surface area contributed by atoms with Gasteiger partial charge in [0.15, 0.2) is 0 Å². The molecular formula is C28H46O2. The maximum absolute atomic E-state index is 10.3. The number of aliphatic hydroxyl groups excluding tert-OH is 1. The summed E-state index contributed by atoms with van der Waals surface area (Å²) >= 11 is 0. The lowest BCUT2D eigenvalue weighted by molar-refractivity contribution is -0.136. The fraction of sp³-hybridized carbons (Fsp3) is 1.00. The number of aliphatic hydroxyl groups is 1. The summed E-state index contributed by atoms with van der Waals surface area (Å²) in [5, 5.41) is 10.3. The Morgan fingerprint density at radius 1 is 0.767 bits per heavy atom. The van der Waals surface area contributed by atoms with Gasteiger partial charge in [0.05, 0.1) is 17.8 Å². The zero-order valence-electron chi connectivity index (χ0n) is 20.0. The molecule has 6 aliphatic rings. The van der Waals surface area contributed by atoms with Crippen molar-refractivity contribution >= 4 is 0 Å². The van der Waals surface area contributed by atoms with Gasteiger partial charge in [-0.15, -0.1) is 0 Å². The second kappa shape index (κ2) is 6.72.